The molecule has 0 spiro atoms. The summed E-state index contributed by atoms with van der Waals surface area (Å²) in [5.41, 5.74) is 2.55. The van der Waals surface area contributed by atoms with Crippen molar-refractivity contribution in [1.82, 2.24) is 4.98 Å². The number of pyridine rings is 1. The Morgan fingerprint density at radius 2 is 1.81 bits per heavy atom. The van der Waals surface area contributed by atoms with E-state index in [1.165, 1.54) is 0 Å². The Bertz CT molecular complexity index is 589. The van der Waals surface area contributed by atoms with Crippen molar-refractivity contribution in [1.29, 1.82) is 10.5 Å². The van der Waals surface area contributed by atoms with E-state index in [0.717, 1.165) is 11.1 Å². The fourth-order valence-corrected chi connectivity index (χ4v) is 1.40. The van der Waals surface area contributed by atoms with Crippen LogP contribution in [0.5, 0.6) is 0 Å². The van der Waals surface area contributed by atoms with Gasteiger partial charge in [0.15, 0.2) is 0 Å². The molecule has 3 heteroatoms. The molecule has 1 aromatic carbocycles. The zero-order chi connectivity index (χ0) is 11.4. The molecule has 0 amide bonds. The Balaban J connectivity index is 2.55. The predicted octanol–water partition coefficient (Wildman–Crippen LogP) is 2.29. The summed E-state index contributed by atoms with van der Waals surface area (Å²) < 4.78 is 0. The van der Waals surface area contributed by atoms with Crippen LogP contribution in [0.2, 0.25) is 0 Å². The van der Waals surface area contributed by atoms with Crippen molar-refractivity contribution in [3.8, 4) is 23.3 Å². The summed E-state index contributed by atoms with van der Waals surface area (Å²) >= 11 is 0. The molecule has 2 aromatic rings. The van der Waals surface area contributed by atoms with Crippen LogP contribution < -0.4 is 0 Å². The average molecular weight is 204 g/mol. The van der Waals surface area contributed by atoms with Crippen molar-refractivity contribution >= 4 is 0 Å². The molecular weight excluding hydrogens is 198 g/mol. The van der Waals surface area contributed by atoms with Gasteiger partial charge >= 0.3 is 0 Å². The van der Waals surface area contributed by atoms with Gasteiger partial charge in [-0.2, -0.15) is 10.5 Å². The highest BCUT2D eigenvalue weighted by Crippen LogP contribution is 2.20. The molecule has 0 aliphatic rings. The lowest BCUT2D eigenvalue weighted by Gasteiger charge is -2.01. The van der Waals surface area contributed by atoms with E-state index in [1.807, 2.05) is 18.2 Å². The fourth-order valence-electron chi connectivity index (χ4n) is 1.40. The molecule has 0 unspecified atom stereocenters. The smallest absolute Gasteiger partial charge is 0.101 e. The molecule has 16 heavy (non-hydrogen) atoms. The maximum absolute atomic E-state index is 8.90. The van der Waals surface area contributed by atoms with E-state index < -0.39 is 0 Å². The molecule has 0 bridgehead atoms. The third-order valence-electron chi connectivity index (χ3n) is 2.21. The first-order chi connectivity index (χ1) is 7.85. The third kappa shape index (κ3) is 1.75. The van der Waals surface area contributed by atoms with Gasteiger partial charge in [-0.05, 0) is 23.8 Å². The fraction of sp³-hybridized carbons (Fsp3) is 0. The standard InChI is InChI=1S/C13H6N3/c14-7-11-4-3-10(6-13(11)8-15)12-2-1-5-16-9-12/h1-4,6,9H. The van der Waals surface area contributed by atoms with Crippen molar-refractivity contribution < 1.29 is 0 Å². The van der Waals surface area contributed by atoms with E-state index in [2.05, 4.69) is 11.2 Å². The quantitative estimate of drug-likeness (QED) is 0.716. The molecule has 1 aromatic heterocycles. The maximum atomic E-state index is 8.90. The number of rotatable bonds is 1. The second-order valence-corrected chi connectivity index (χ2v) is 3.16. The van der Waals surface area contributed by atoms with Gasteiger partial charge in [-0.1, -0.05) is 12.1 Å². The minimum Gasteiger partial charge on any atom is -0.254 e. The summed E-state index contributed by atoms with van der Waals surface area (Å²) in [6, 6.07) is 12.7. The third-order valence-corrected chi connectivity index (χ3v) is 2.21. The number of hydrogen-bond donors (Lipinski definition) is 0. The maximum Gasteiger partial charge on any atom is 0.101 e. The first-order valence-electron chi connectivity index (χ1n) is 4.62. The summed E-state index contributed by atoms with van der Waals surface area (Å²) in [6.07, 6.45) is 4.36. The molecule has 2 rings (SSSR count). The van der Waals surface area contributed by atoms with Crippen LogP contribution in [-0.2, 0) is 0 Å². The van der Waals surface area contributed by atoms with Crippen LogP contribution in [0, 0.1) is 28.9 Å². The molecule has 73 valence electrons. The lowest BCUT2D eigenvalue weighted by molar-refractivity contribution is 1.31. The first kappa shape index (κ1) is 9.89. The van der Waals surface area contributed by atoms with Crippen LogP contribution in [0.1, 0.15) is 11.1 Å². The van der Waals surface area contributed by atoms with Crippen molar-refractivity contribution in [2.24, 2.45) is 0 Å². The highest BCUT2D eigenvalue weighted by Gasteiger charge is 2.04. The van der Waals surface area contributed by atoms with E-state index >= 15 is 0 Å². The van der Waals surface area contributed by atoms with E-state index in [1.54, 1.807) is 30.5 Å². The van der Waals surface area contributed by atoms with Crippen molar-refractivity contribution in [3.05, 3.63) is 53.9 Å². The second-order valence-electron chi connectivity index (χ2n) is 3.16. The molecule has 0 aliphatic heterocycles. The number of nitrogens with zero attached hydrogens (tertiary/aromatic N) is 3. The molecule has 0 aliphatic carbocycles. The van der Waals surface area contributed by atoms with Crippen molar-refractivity contribution in [2.75, 3.05) is 0 Å². The van der Waals surface area contributed by atoms with E-state index in [4.69, 9.17) is 10.5 Å². The molecular formula is C13H6N3. The Morgan fingerprint density at radius 1 is 1.00 bits per heavy atom. The molecule has 1 radical (unpaired) electrons. The average Bonchev–Trinajstić information content (AvgIpc) is 2.39. The second kappa shape index (κ2) is 4.25. The monoisotopic (exact) mass is 204 g/mol. The first-order valence-corrected chi connectivity index (χ1v) is 4.62. The summed E-state index contributed by atoms with van der Waals surface area (Å²) in [7, 11) is 0. The Morgan fingerprint density at radius 3 is 2.44 bits per heavy atom. The highest BCUT2D eigenvalue weighted by molar-refractivity contribution is 5.66. The Kier molecular flexibility index (Phi) is 2.63. The molecule has 3 nitrogen and oxygen atoms in total. The topological polar surface area (TPSA) is 60.5 Å². The summed E-state index contributed by atoms with van der Waals surface area (Å²) in [4.78, 5) is 3.89. The zero-order valence-electron chi connectivity index (χ0n) is 8.31. The summed E-state index contributed by atoms with van der Waals surface area (Å²) in [5.74, 6) is 0. The van der Waals surface area contributed by atoms with Crippen LogP contribution in [0.15, 0.2) is 36.5 Å². The molecule has 0 saturated carbocycles. The van der Waals surface area contributed by atoms with Gasteiger partial charge in [0.25, 0.3) is 0 Å². The highest BCUT2D eigenvalue weighted by atomic mass is 14.6. The van der Waals surface area contributed by atoms with Crippen LogP contribution in [0.3, 0.4) is 0 Å². The molecule has 0 atom stereocenters. The summed E-state index contributed by atoms with van der Waals surface area (Å²) in [5, 5.41) is 17.7. The lowest BCUT2D eigenvalue weighted by atomic mass is 10.0. The van der Waals surface area contributed by atoms with Crippen molar-refractivity contribution in [3.63, 3.8) is 0 Å². The van der Waals surface area contributed by atoms with Crippen LogP contribution in [0.25, 0.3) is 11.1 Å². The van der Waals surface area contributed by atoms with Gasteiger partial charge in [0, 0.05) is 11.8 Å². The minimum absolute atomic E-state index is 0.382. The number of hydrogen-bond acceptors (Lipinski definition) is 3. The molecule has 1 heterocycles. The van der Waals surface area contributed by atoms with E-state index in [9.17, 15) is 0 Å². The van der Waals surface area contributed by atoms with Gasteiger partial charge in [-0.25, -0.2) is 0 Å². The SMILES string of the molecule is N#Cc1ccc(-c2cc[c]nc2)cc1C#N. The molecule has 0 saturated heterocycles. The normalized spacial score (nSPS) is 9.12. The zero-order valence-corrected chi connectivity index (χ0v) is 8.31. The molecule has 0 N–H and O–H groups in total. The predicted molar refractivity (Wildman–Crippen MR) is 57.9 cm³/mol. The summed E-state index contributed by atoms with van der Waals surface area (Å²) in [6.45, 7) is 0. The lowest BCUT2D eigenvalue weighted by Crippen LogP contribution is -1.86. The largest absolute Gasteiger partial charge is 0.254 e. The van der Waals surface area contributed by atoms with Crippen LogP contribution >= 0.6 is 0 Å². The van der Waals surface area contributed by atoms with E-state index in [-0.39, 0.29) is 0 Å². The van der Waals surface area contributed by atoms with Gasteiger partial charge in [0.2, 0.25) is 0 Å². The van der Waals surface area contributed by atoms with Gasteiger partial charge in [-0.3, -0.25) is 4.98 Å². The van der Waals surface area contributed by atoms with Crippen LogP contribution in [-0.4, -0.2) is 4.98 Å². The number of nitriles is 2. The Hall–Kier alpha value is -2.65. The van der Waals surface area contributed by atoms with Crippen LogP contribution in [0.4, 0.5) is 0 Å². The van der Waals surface area contributed by atoms with Gasteiger partial charge in [0.05, 0.1) is 17.3 Å². The minimum atomic E-state index is 0.382. The number of benzene rings is 1. The van der Waals surface area contributed by atoms with Gasteiger partial charge < -0.3 is 0 Å². The van der Waals surface area contributed by atoms with E-state index in [0.29, 0.717) is 11.1 Å². The molecule has 0 fully saturated rings. The van der Waals surface area contributed by atoms with Gasteiger partial charge in [-0.15, -0.1) is 0 Å². The Labute approximate surface area is 93.2 Å². The van der Waals surface area contributed by atoms with Crippen molar-refractivity contribution in [2.45, 2.75) is 0 Å². The number of aromatic nitrogens is 1. The van der Waals surface area contributed by atoms with Gasteiger partial charge in [0.1, 0.15) is 12.1 Å².